The molecular formula is C34H28F2N2O3. The number of hydrogen-bond donors (Lipinski definition) is 0. The van der Waals surface area contributed by atoms with Gasteiger partial charge in [0.05, 0.1) is 29.6 Å². The summed E-state index contributed by atoms with van der Waals surface area (Å²) in [4.78, 5) is 12.2. The summed E-state index contributed by atoms with van der Waals surface area (Å²) < 4.78 is 42.7. The van der Waals surface area contributed by atoms with E-state index in [1.165, 1.54) is 25.3 Å². The molecule has 0 fully saturated rings. The molecule has 0 saturated heterocycles. The van der Waals surface area contributed by atoms with E-state index in [-0.39, 0.29) is 24.6 Å². The summed E-state index contributed by atoms with van der Waals surface area (Å²) in [5.74, 6) is -1.34. The van der Waals surface area contributed by atoms with Crippen molar-refractivity contribution < 1.29 is 23.0 Å². The van der Waals surface area contributed by atoms with Crippen molar-refractivity contribution in [3.63, 3.8) is 0 Å². The van der Waals surface area contributed by atoms with Gasteiger partial charge in [-0.05, 0) is 59.7 Å². The minimum absolute atomic E-state index is 0.0632. The van der Waals surface area contributed by atoms with Gasteiger partial charge in [-0.1, -0.05) is 56.3 Å². The van der Waals surface area contributed by atoms with Gasteiger partial charge in [0.2, 0.25) is 0 Å². The highest BCUT2D eigenvalue weighted by atomic mass is 19.1. The molecule has 0 spiro atoms. The molecule has 7 heteroatoms. The van der Waals surface area contributed by atoms with E-state index in [0.29, 0.717) is 33.3 Å². The van der Waals surface area contributed by atoms with E-state index in [1.807, 2.05) is 48.7 Å². The fraction of sp³-hybridized carbons (Fsp3) is 0.176. The van der Waals surface area contributed by atoms with Crippen molar-refractivity contribution in [1.29, 1.82) is 5.26 Å². The van der Waals surface area contributed by atoms with Crippen LogP contribution in [0.25, 0.3) is 27.7 Å². The Morgan fingerprint density at radius 2 is 1.61 bits per heavy atom. The predicted octanol–water partition coefficient (Wildman–Crippen LogP) is 8.13. The van der Waals surface area contributed by atoms with Gasteiger partial charge in [0.15, 0.2) is 11.6 Å². The number of methoxy groups -OCH3 is 1. The Morgan fingerprint density at radius 1 is 0.927 bits per heavy atom. The molecule has 0 aliphatic carbocycles. The number of nitrogens with zero attached hydrogens (tertiary/aromatic N) is 2. The molecule has 0 atom stereocenters. The fourth-order valence-electron chi connectivity index (χ4n) is 5.15. The third-order valence-electron chi connectivity index (χ3n) is 7.11. The first kappa shape index (κ1) is 27.6. The number of benzene rings is 4. The number of carbonyl (C=O) groups is 1. The number of rotatable bonds is 8. The van der Waals surface area contributed by atoms with Gasteiger partial charge < -0.3 is 14.0 Å². The van der Waals surface area contributed by atoms with E-state index in [0.717, 1.165) is 11.3 Å². The van der Waals surface area contributed by atoms with Crippen LogP contribution < -0.4 is 4.74 Å². The Bertz CT molecular complexity index is 1750. The van der Waals surface area contributed by atoms with Crippen molar-refractivity contribution in [3.05, 3.63) is 119 Å². The van der Waals surface area contributed by atoms with Crippen LogP contribution in [-0.2, 0) is 16.8 Å². The van der Waals surface area contributed by atoms with Crippen LogP contribution >= 0.6 is 0 Å². The van der Waals surface area contributed by atoms with Crippen LogP contribution in [0.3, 0.4) is 0 Å². The minimum atomic E-state index is -0.730. The maximum Gasteiger partial charge on any atom is 0.337 e. The van der Waals surface area contributed by atoms with Gasteiger partial charge in [-0.25, -0.2) is 13.6 Å². The summed E-state index contributed by atoms with van der Waals surface area (Å²) in [6, 6.07) is 27.6. The second kappa shape index (κ2) is 11.3. The highest BCUT2D eigenvalue weighted by Crippen LogP contribution is 2.48. The van der Waals surface area contributed by atoms with Crippen LogP contribution in [0.15, 0.2) is 91.0 Å². The zero-order valence-electron chi connectivity index (χ0n) is 22.9. The van der Waals surface area contributed by atoms with E-state index < -0.39 is 17.2 Å². The molecule has 1 heterocycles. The number of halogens is 2. The maximum atomic E-state index is 15.7. The number of aromatic nitrogens is 1. The Morgan fingerprint density at radius 3 is 2.24 bits per heavy atom. The minimum Gasteiger partial charge on any atom is -0.485 e. The van der Waals surface area contributed by atoms with E-state index in [9.17, 15) is 14.4 Å². The fourth-order valence-corrected chi connectivity index (χ4v) is 5.15. The Labute approximate surface area is 237 Å². The smallest absolute Gasteiger partial charge is 0.337 e. The lowest BCUT2D eigenvalue weighted by Crippen LogP contribution is -2.21. The summed E-state index contributed by atoms with van der Waals surface area (Å²) in [5, 5.41) is 10.3. The van der Waals surface area contributed by atoms with Gasteiger partial charge in [0.25, 0.3) is 0 Å². The van der Waals surface area contributed by atoms with Gasteiger partial charge >= 0.3 is 5.97 Å². The third-order valence-corrected chi connectivity index (χ3v) is 7.11. The summed E-state index contributed by atoms with van der Waals surface area (Å²) in [5.41, 5.74) is 3.86. The second-order valence-electron chi connectivity index (χ2n) is 10.4. The molecule has 0 saturated carbocycles. The van der Waals surface area contributed by atoms with Gasteiger partial charge in [0.1, 0.15) is 12.4 Å². The SMILES string of the molecule is COC(=O)c1ccc(-c2c(C(C)(C)CC#N)n(-c3ccc(F)cc3)c3ccc(F)c(OCc4ccccc4)c23)cc1. The summed E-state index contributed by atoms with van der Waals surface area (Å²) in [6.07, 6.45) is 0.153. The number of esters is 1. The Balaban J connectivity index is 1.87. The normalized spacial score (nSPS) is 11.3. The average molecular weight is 551 g/mol. The molecule has 0 bridgehead atoms. The molecule has 0 radical (unpaired) electrons. The summed E-state index contributed by atoms with van der Waals surface area (Å²) >= 11 is 0. The highest BCUT2D eigenvalue weighted by molar-refractivity contribution is 6.04. The first-order chi connectivity index (χ1) is 19.7. The van der Waals surface area contributed by atoms with Crippen LogP contribution in [0.4, 0.5) is 8.78 Å². The number of hydrogen-bond acceptors (Lipinski definition) is 4. The van der Waals surface area contributed by atoms with E-state index in [2.05, 4.69) is 6.07 Å². The molecule has 1 aromatic heterocycles. The molecule has 5 rings (SSSR count). The van der Waals surface area contributed by atoms with Crippen LogP contribution in [0, 0.1) is 23.0 Å². The quantitative estimate of drug-likeness (QED) is 0.183. The van der Waals surface area contributed by atoms with Crippen molar-refractivity contribution in [2.24, 2.45) is 0 Å². The van der Waals surface area contributed by atoms with E-state index in [4.69, 9.17) is 9.47 Å². The molecule has 4 aromatic carbocycles. The third kappa shape index (κ3) is 5.29. The van der Waals surface area contributed by atoms with Crippen molar-refractivity contribution in [1.82, 2.24) is 4.57 Å². The van der Waals surface area contributed by atoms with Crippen molar-refractivity contribution in [2.75, 3.05) is 7.11 Å². The van der Waals surface area contributed by atoms with Gasteiger partial charge in [-0.3, -0.25) is 0 Å². The van der Waals surface area contributed by atoms with Crippen molar-refractivity contribution in [2.45, 2.75) is 32.3 Å². The van der Waals surface area contributed by atoms with Crippen LogP contribution in [0.1, 0.15) is 41.9 Å². The lowest BCUT2D eigenvalue weighted by Gasteiger charge is -2.26. The Kier molecular flexibility index (Phi) is 7.58. The van der Waals surface area contributed by atoms with Crippen LogP contribution in [0.5, 0.6) is 5.75 Å². The lowest BCUT2D eigenvalue weighted by atomic mass is 9.81. The van der Waals surface area contributed by atoms with E-state index >= 15 is 4.39 Å². The van der Waals surface area contributed by atoms with Crippen LogP contribution in [-0.4, -0.2) is 17.6 Å². The lowest BCUT2D eigenvalue weighted by molar-refractivity contribution is 0.0600. The van der Waals surface area contributed by atoms with Crippen molar-refractivity contribution >= 4 is 16.9 Å². The molecule has 0 amide bonds. The van der Waals surface area contributed by atoms with Crippen LogP contribution in [0.2, 0.25) is 0 Å². The summed E-state index contributed by atoms with van der Waals surface area (Å²) in [6.45, 7) is 4.02. The molecule has 5 nitrogen and oxygen atoms in total. The van der Waals surface area contributed by atoms with Gasteiger partial charge in [-0.2, -0.15) is 5.26 Å². The Hall–Kier alpha value is -4.96. The van der Waals surface area contributed by atoms with Crippen molar-refractivity contribution in [3.8, 4) is 28.6 Å². The first-order valence-corrected chi connectivity index (χ1v) is 13.1. The topological polar surface area (TPSA) is 64.2 Å². The van der Waals surface area contributed by atoms with Gasteiger partial charge in [-0.15, -0.1) is 0 Å². The monoisotopic (exact) mass is 550 g/mol. The maximum absolute atomic E-state index is 15.7. The first-order valence-electron chi connectivity index (χ1n) is 13.1. The molecule has 206 valence electrons. The number of fused-ring (bicyclic) bond motifs is 1. The molecule has 0 aliphatic heterocycles. The molecule has 0 unspecified atom stereocenters. The largest absolute Gasteiger partial charge is 0.485 e. The molecule has 0 N–H and O–H groups in total. The van der Waals surface area contributed by atoms with E-state index in [1.54, 1.807) is 42.5 Å². The zero-order valence-corrected chi connectivity index (χ0v) is 22.9. The van der Waals surface area contributed by atoms with Gasteiger partial charge in [0, 0.05) is 28.8 Å². The molecule has 41 heavy (non-hydrogen) atoms. The molecule has 5 aromatic rings. The highest BCUT2D eigenvalue weighted by Gasteiger charge is 2.34. The zero-order chi connectivity index (χ0) is 29.1. The molecule has 0 aliphatic rings. The second-order valence-corrected chi connectivity index (χ2v) is 10.4. The average Bonchev–Trinajstić information content (AvgIpc) is 3.33. The standard InChI is InChI=1S/C34H28F2N2O3/c1-34(2,19-20-37)32-29(23-9-11-24(12-10-23)33(39)40-3)30-28(38(32)26-15-13-25(35)14-16-26)18-17-27(36)31(30)41-21-22-7-5-4-6-8-22/h4-18H,19,21H2,1-3H3. The molecular weight excluding hydrogens is 522 g/mol. The number of carbonyl (C=O) groups excluding carboxylic acids is 1. The number of nitriles is 1. The predicted molar refractivity (Wildman–Crippen MR) is 154 cm³/mol. The number of ether oxygens (including phenoxy) is 2. The summed E-state index contributed by atoms with van der Waals surface area (Å²) in [7, 11) is 1.31.